The van der Waals surface area contributed by atoms with Gasteiger partial charge in [0.15, 0.2) is 13.2 Å². The number of nitrogens with one attached hydrogen (secondary N) is 1. The largest absolute Gasteiger partial charge is 0.468 e. The summed E-state index contributed by atoms with van der Waals surface area (Å²) in [7, 11) is 0. The number of anilines is 2. The highest BCUT2D eigenvalue weighted by Gasteiger charge is 2.32. The van der Waals surface area contributed by atoms with Gasteiger partial charge in [0.05, 0.1) is 6.07 Å². The van der Waals surface area contributed by atoms with Crippen molar-refractivity contribution in [3.8, 4) is 11.8 Å². The maximum absolute atomic E-state index is 13.0. The summed E-state index contributed by atoms with van der Waals surface area (Å²) in [6.45, 7) is -3.16. The fourth-order valence-corrected chi connectivity index (χ4v) is 4.09. The standard InChI is InChI=1S/C19H16BrF6IN4O3/c20-12-1-2-13-11(4-12)3-10(6-27)7-31(13)17(32)30-16-28-14(33-8-18(21,22)23)5-15(29-16)34-9-19(24,25)26/h1-2,4-5,10H,3,6-9H2,(H,28,29,30,32). The van der Waals surface area contributed by atoms with E-state index in [4.69, 9.17) is 0 Å². The summed E-state index contributed by atoms with van der Waals surface area (Å²) in [5.74, 6) is -1.88. The van der Waals surface area contributed by atoms with Crippen molar-refractivity contribution in [3.63, 3.8) is 0 Å². The molecule has 0 saturated carbocycles. The van der Waals surface area contributed by atoms with E-state index < -0.39 is 49.3 Å². The number of urea groups is 1. The van der Waals surface area contributed by atoms with Crippen LogP contribution in [-0.4, -0.2) is 52.5 Å². The minimum atomic E-state index is -4.72. The van der Waals surface area contributed by atoms with Crippen molar-refractivity contribution in [3.05, 3.63) is 34.3 Å². The van der Waals surface area contributed by atoms with E-state index in [9.17, 15) is 31.1 Å². The van der Waals surface area contributed by atoms with Crippen LogP contribution in [0.4, 0.5) is 42.8 Å². The first kappa shape index (κ1) is 26.6. The third-order valence-corrected chi connectivity index (χ3v) is 6.15. The van der Waals surface area contributed by atoms with Crippen LogP contribution in [0.3, 0.4) is 0 Å². The van der Waals surface area contributed by atoms with E-state index in [1.165, 1.54) is 4.90 Å². The summed E-state index contributed by atoms with van der Waals surface area (Å²) in [4.78, 5) is 21.8. The van der Waals surface area contributed by atoms with Crippen LogP contribution in [0.15, 0.2) is 28.7 Å². The molecule has 34 heavy (non-hydrogen) atoms. The lowest BCUT2D eigenvalue weighted by atomic mass is 9.94. The Kier molecular flexibility index (Phi) is 8.36. The molecule has 2 aromatic rings. The molecule has 0 aliphatic carbocycles. The van der Waals surface area contributed by atoms with Gasteiger partial charge >= 0.3 is 18.4 Å². The molecule has 1 N–H and O–H groups in total. The molecule has 0 spiro atoms. The highest BCUT2D eigenvalue weighted by Crippen LogP contribution is 2.33. The van der Waals surface area contributed by atoms with Gasteiger partial charge in [-0.3, -0.25) is 10.2 Å². The second-order valence-electron chi connectivity index (χ2n) is 7.21. The monoisotopic (exact) mass is 668 g/mol. The maximum atomic E-state index is 13.0. The number of amides is 2. The van der Waals surface area contributed by atoms with Crippen LogP contribution in [-0.2, 0) is 6.42 Å². The molecular weight excluding hydrogens is 653 g/mol. The van der Waals surface area contributed by atoms with Gasteiger partial charge in [-0.25, -0.2) is 4.79 Å². The molecule has 1 atom stereocenters. The van der Waals surface area contributed by atoms with E-state index in [0.29, 0.717) is 18.3 Å². The molecule has 2 amide bonds. The molecular formula is C19H16BrF6IN4O3. The Hall–Kier alpha value is -2.04. The van der Waals surface area contributed by atoms with Crippen LogP contribution in [0, 0.1) is 5.92 Å². The molecule has 1 aromatic heterocycles. The van der Waals surface area contributed by atoms with Gasteiger partial charge in [-0.05, 0) is 36.1 Å². The first-order chi connectivity index (χ1) is 15.8. The molecule has 3 rings (SSSR count). The highest BCUT2D eigenvalue weighted by atomic mass is 127. The van der Waals surface area contributed by atoms with E-state index in [2.05, 4.69) is 63.3 Å². The van der Waals surface area contributed by atoms with Gasteiger partial charge in [0.2, 0.25) is 17.7 Å². The first-order valence-corrected chi connectivity index (χ1v) is 11.9. The van der Waals surface area contributed by atoms with Crippen molar-refractivity contribution >= 4 is 56.2 Å². The Morgan fingerprint density at radius 2 is 1.68 bits per heavy atom. The number of hydrogen-bond acceptors (Lipinski definition) is 5. The predicted molar refractivity (Wildman–Crippen MR) is 122 cm³/mol. The van der Waals surface area contributed by atoms with E-state index >= 15 is 0 Å². The van der Waals surface area contributed by atoms with Crippen LogP contribution < -0.4 is 19.7 Å². The lowest BCUT2D eigenvalue weighted by molar-refractivity contribution is -0.154. The number of hydrogen-bond donors (Lipinski definition) is 1. The number of carbonyl (C=O) groups is 1. The smallest absolute Gasteiger partial charge is 0.422 e. The summed E-state index contributed by atoms with van der Waals surface area (Å²) >= 11 is 5.59. The fourth-order valence-electron chi connectivity index (χ4n) is 3.09. The molecule has 1 aliphatic rings. The number of benzene rings is 1. The zero-order valence-electron chi connectivity index (χ0n) is 17.0. The minimum Gasteiger partial charge on any atom is -0.468 e. The summed E-state index contributed by atoms with van der Waals surface area (Å²) in [5, 5.41) is 2.32. The molecule has 0 fully saturated rings. The predicted octanol–water partition coefficient (Wildman–Crippen LogP) is 5.77. The van der Waals surface area contributed by atoms with Gasteiger partial charge in [-0.1, -0.05) is 38.5 Å². The third-order valence-electron chi connectivity index (χ3n) is 4.41. The Morgan fingerprint density at radius 1 is 1.09 bits per heavy atom. The molecule has 2 heterocycles. The molecule has 0 saturated heterocycles. The zero-order valence-corrected chi connectivity index (χ0v) is 20.8. The van der Waals surface area contributed by atoms with Crippen molar-refractivity contribution in [2.75, 3.05) is 34.4 Å². The van der Waals surface area contributed by atoms with Crippen molar-refractivity contribution in [2.45, 2.75) is 18.8 Å². The van der Waals surface area contributed by atoms with Gasteiger partial charge in [-0.15, -0.1) is 0 Å². The lowest BCUT2D eigenvalue weighted by Crippen LogP contribution is -2.43. The average molecular weight is 669 g/mol. The molecule has 0 bridgehead atoms. The first-order valence-electron chi connectivity index (χ1n) is 9.54. The summed E-state index contributed by atoms with van der Waals surface area (Å²) in [6, 6.07) is 5.30. The highest BCUT2D eigenvalue weighted by molar-refractivity contribution is 14.1. The van der Waals surface area contributed by atoms with Crippen LogP contribution >= 0.6 is 38.5 Å². The Balaban J connectivity index is 1.85. The molecule has 1 aliphatic heterocycles. The van der Waals surface area contributed by atoms with E-state index in [0.717, 1.165) is 20.9 Å². The number of fused-ring (bicyclic) bond motifs is 1. The van der Waals surface area contributed by atoms with E-state index in [1.807, 2.05) is 6.07 Å². The van der Waals surface area contributed by atoms with Gasteiger partial charge in [-0.2, -0.15) is 36.3 Å². The van der Waals surface area contributed by atoms with Gasteiger partial charge in [0.1, 0.15) is 0 Å². The topological polar surface area (TPSA) is 76.6 Å². The Labute approximate surface area is 211 Å². The van der Waals surface area contributed by atoms with Crippen molar-refractivity contribution in [1.29, 1.82) is 0 Å². The molecule has 15 heteroatoms. The average Bonchev–Trinajstić information content (AvgIpc) is 2.74. The molecule has 1 aromatic carbocycles. The van der Waals surface area contributed by atoms with Crippen molar-refractivity contribution in [1.82, 2.24) is 9.97 Å². The number of nitrogens with zero attached hydrogens (tertiary/aromatic N) is 3. The van der Waals surface area contributed by atoms with E-state index in [1.54, 1.807) is 12.1 Å². The SMILES string of the molecule is O=C(Nc1nc(OCC(F)(F)F)cc(OCC(F)(F)F)n1)N1CC(CI)Cc2cc(Br)ccc21. The summed E-state index contributed by atoms with van der Waals surface area (Å²) < 4.78 is 85.6. The second-order valence-corrected chi connectivity index (χ2v) is 9.01. The molecule has 186 valence electrons. The third kappa shape index (κ3) is 7.74. The molecule has 1 unspecified atom stereocenters. The normalized spacial score (nSPS) is 16.1. The lowest BCUT2D eigenvalue weighted by Gasteiger charge is -2.34. The van der Waals surface area contributed by atoms with Crippen LogP contribution in [0.5, 0.6) is 11.8 Å². The number of alkyl halides is 7. The van der Waals surface area contributed by atoms with Gasteiger partial charge < -0.3 is 9.47 Å². The molecule has 7 nitrogen and oxygen atoms in total. The van der Waals surface area contributed by atoms with E-state index in [-0.39, 0.29) is 5.92 Å². The number of ether oxygens (including phenoxy) is 2. The Bertz CT molecular complexity index is 1000. The zero-order chi connectivity index (χ0) is 25.1. The number of carbonyl (C=O) groups excluding carboxylic acids is 1. The quantitative estimate of drug-likeness (QED) is 0.241. The van der Waals surface area contributed by atoms with Crippen LogP contribution in [0.1, 0.15) is 5.56 Å². The number of halogens is 8. The maximum Gasteiger partial charge on any atom is 0.422 e. The van der Waals surface area contributed by atoms with Crippen molar-refractivity contribution in [2.24, 2.45) is 5.92 Å². The minimum absolute atomic E-state index is 0.126. The Morgan fingerprint density at radius 3 is 2.21 bits per heavy atom. The fraction of sp³-hybridized carbons (Fsp3) is 0.421. The van der Waals surface area contributed by atoms with Gasteiger partial charge in [0, 0.05) is 21.1 Å². The number of rotatable bonds is 6. The summed E-state index contributed by atoms with van der Waals surface area (Å²) in [5.41, 5.74) is 1.51. The van der Waals surface area contributed by atoms with Crippen LogP contribution in [0.25, 0.3) is 0 Å². The van der Waals surface area contributed by atoms with Gasteiger partial charge in [0.25, 0.3) is 0 Å². The van der Waals surface area contributed by atoms with Crippen molar-refractivity contribution < 1.29 is 40.6 Å². The molecule has 0 radical (unpaired) electrons. The second kappa shape index (κ2) is 10.7. The number of aromatic nitrogens is 2. The van der Waals surface area contributed by atoms with Crippen LogP contribution in [0.2, 0.25) is 0 Å². The summed E-state index contributed by atoms with van der Waals surface area (Å²) in [6.07, 6.45) is -8.71.